The van der Waals surface area contributed by atoms with E-state index in [0.29, 0.717) is 31.3 Å². The van der Waals surface area contributed by atoms with Crippen molar-refractivity contribution in [3.63, 3.8) is 0 Å². The van der Waals surface area contributed by atoms with Crippen molar-refractivity contribution in [1.82, 2.24) is 0 Å². The molecule has 5 nitrogen and oxygen atoms in total. The first-order chi connectivity index (χ1) is 13.6. The highest BCUT2D eigenvalue weighted by Crippen LogP contribution is 2.19. The van der Waals surface area contributed by atoms with Gasteiger partial charge in [0.1, 0.15) is 6.10 Å². The van der Waals surface area contributed by atoms with Gasteiger partial charge < -0.3 is 14.8 Å². The second-order valence-corrected chi connectivity index (χ2v) is 8.68. The average Bonchev–Trinajstić information content (AvgIpc) is 2.73. The van der Waals surface area contributed by atoms with Gasteiger partial charge in [-0.3, -0.25) is 9.00 Å². The van der Waals surface area contributed by atoms with Crippen molar-refractivity contribution in [2.45, 2.75) is 43.5 Å². The number of ether oxygens (including phenoxy) is 2. The molecule has 0 aliphatic carbocycles. The Bertz CT molecular complexity index is 790. The number of hydrogen-bond acceptors (Lipinski definition) is 4. The van der Waals surface area contributed by atoms with Crippen molar-refractivity contribution in [3.8, 4) is 0 Å². The molecule has 2 aromatic rings. The predicted octanol–water partition coefficient (Wildman–Crippen LogP) is 3.66. The van der Waals surface area contributed by atoms with Gasteiger partial charge in [0.05, 0.1) is 6.61 Å². The number of nitrogens with one attached hydrogen (secondary N) is 1. The first kappa shape index (κ1) is 20.7. The van der Waals surface area contributed by atoms with Crippen molar-refractivity contribution in [2.75, 3.05) is 18.5 Å². The molecule has 1 amide bonds. The molecule has 0 aromatic heterocycles. The van der Waals surface area contributed by atoms with Crippen LogP contribution in [0.3, 0.4) is 0 Å². The minimum absolute atomic E-state index is 0.193. The molecule has 3 rings (SSSR count). The summed E-state index contributed by atoms with van der Waals surface area (Å²) in [5.41, 5.74) is 2.68. The molecule has 150 valence electrons. The summed E-state index contributed by atoms with van der Waals surface area (Å²) >= 11 is 0. The maximum Gasteiger partial charge on any atom is 0.253 e. The molecule has 0 bridgehead atoms. The van der Waals surface area contributed by atoms with Crippen molar-refractivity contribution in [2.24, 2.45) is 0 Å². The maximum atomic E-state index is 12.6. The summed E-state index contributed by atoms with van der Waals surface area (Å²) in [6.07, 6.45) is 1.12. The van der Waals surface area contributed by atoms with E-state index in [0.717, 1.165) is 24.0 Å². The third kappa shape index (κ3) is 6.26. The molecule has 28 heavy (non-hydrogen) atoms. The molecule has 1 heterocycles. The normalized spacial score (nSPS) is 17.0. The van der Waals surface area contributed by atoms with E-state index in [4.69, 9.17) is 9.47 Å². The van der Waals surface area contributed by atoms with Gasteiger partial charge in [-0.25, -0.2) is 0 Å². The van der Waals surface area contributed by atoms with E-state index < -0.39 is 16.9 Å². The van der Waals surface area contributed by atoms with Crippen molar-refractivity contribution in [1.29, 1.82) is 0 Å². The average molecular weight is 402 g/mol. The highest BCUT2D eigenvalue weighted by molar-refractivity contribution is 7.84. The standard InChI is InChI=1S/C22H27NO4S/c1-17(27-15-18-6-3-2-4-7-18)22(24)23-20-9-5-8-19(14-20)16-28(25)21-10-12-26-13-11-21/h2-9,14,17,21H,10-13,15-16H2,1H3,(H,23,24). The van der Waals surface area contributed by atoms with E-state index in [1.54, 1.807) is 6.92 Å². The van der Waals surface area contributed by atoms with Gasteiger partial charge in [-0.2, -0.15) is 0 Å². The number of anilines is 1. The van der Waals surface area contributed by atoms with Gasteiger partial charge in [-0.05, 0) is 43.0 Å². The van der Waals surface area contributed by atoms with E-state index >= 15 is 0 Å². The van der Waals surface area contributed by atoms with E-state index in [2.05, 4.69) is 5.32 Å². The Morgan fingerprint density at radius 1 is 1.14 bits per heavy atom. The quantitative estimate of drug-likeness (QED) is 0.733. The van der Waals surface area contributed by atoms with Crippen LogP contribution < -0.4 is 5.32 Å². The molecule has 0 saturated carbocycles. The topological polar surface area (TPSA) is 64.6 Å². The molecule has 1 aliphatic heterocycles. The molecule has 0 radical (unpaired) electrons. The van der Waals surface area contributed by atoms with Crippen molar-refractivity contribution < 1.29 is 18.5 Å². The van der Waals surface area contributed by atoms with E-state index in [9.17, 15) is 9.00 Å². The smallest absolute Gasteiger partial charge is 0.253 e. The van der Waals surface area contributed by atoms with Crippen LogP contribution in [0, 0.1) is 0 Å². The van der Waals surface area contributed by atoms with E-state index in [-0.39, 0.29) is 11.2 Å². The van der Waals surface area contributed by atoms with Crippen LogP contribution in [-0.4, -0.2) is 34.7 Å². The van der Waals surface area contributed by atoms with Crippen LogP contribution in [0.1, 0.15) is 30.9 Å². The summed E-state index contributed by atoms with van der Waals surface area (Å²) in [7, 11) is -0.929. The zero-order valence-electron chi connectivity index (χ0n) is 16.1. The summed E-state index contributed by atoms with van der Waals surface area (Å²) in [6, 6.07) is 17.3. The molecule has 1 N–H and O–H groups in total. The Labute approximate surface area is 168 Å². The fraction of sp³-hybridized carbons (Fsp3) is 0.409. The Kier molecular flexibility index (Phi) is 7.77. The van der Waals surface area contributed by atoms with Crippen LogP contribution in [-0.2, 0) is 37.4 Å². The summed E-state index contributed by atoms with van der Waals surface area (Å²) in [6.45, 7) is 3.50. The van der Waals surface area contributed by atoms with Crippen LogP contribution in [0.25, 0.3) is 0 Å². The second kappa shape index (κ2) is 10.5. The maximum absolute atomic E-state index is 12.6. The lowest BCUT2D eigenvalue weighted by Crippen LogP contribution is -2.27. The number of hydrogen-bond donors (Lipinski definition) is 1. The summed E-state index contributed by atoms with van der Waals surface area (Å²) in [5, 5.41) is 3.08. The lowest BCUT2D eigenvalue weighted by Gasteiger charge is -2.21. The zero-order chi connectivity index (χ0) is 19.8. The molecule has 1 fully saturated rings. The highest BCUT2D eigenvalue weighted by atomic mass is 32.2. The van der Waals surface area contributed by atoms with Gasteiger partial charge in [0.25, 0.3) is 5.91 Å². The SMILES string of the molecule is CC(OCc1ccccc1)C(=O)Nc1cccc(CS(=O)C2CCOCC2)c1. The monoisotopic (exact) mass is 401 g/mol. The molecule has 2 unspecified atom stereocenters. The number of benzene rings is 2. The van der Waals surface area contributed by atoms with Gasteiger partial charge >= 0.3 is 0 Å². The van der Waals surface area contributed by atoms with Gasteiger partial charge in [0, 0.05) is 40.7 Å². The Morgan fingerprint density at radius 3 is 2.61 bits per heavy atom. The number of rotatable bonds is 8. The first-order valence-corrected chi connectivity index (χ1v) is 11.0. The largest absolute Gasteiger partial charge is 0.381 e. The zero-order valence-corrected chi connectivity index (χ0v) is 17.0. The lowest BCUT2D eigenvalue weighted by atomic mass is 10.2. The minimum Gasteiger partial charge on any atom is -0.381 e. The Balaban J connectivity index is 1.51. The predicted molar refractivity (Wildman–Crippen MR) is 111 cm³/mol. The second-order valence-electron chi connectivity index (χ2n) is 6.97. The van der Waals surface area contributed by atoms with Crippen molar-refractivity contribution >= 4 is 22.4 Å². The Morgan fingerprint density at radius 2 is 1.86 bits per heavy atom. The fourth-order valence-electron chi connectivity index (χ4n) is 3.07. The molecule has 0 spiro atoms. The van der Waals surface area contributed by atoms with E-state index in [1.165, 1.54) is 0 Å². The van der Waals surface area contributed by atoms with Crippen LogP contribution >= 0.6 is 0 Å². The number of carbonyl (C=O) groups excluding carboxylic acids is 1. The number of amides is 1. The first-order valence-electron chi connectivity index (χ1n) is 9.62. The summed E-state index contributed by atoms with van der Waals surface area (Å²) in [4.78, 5) is 12.4. The van der Waals surface area contributed by atoms with Crippen LogP contribution in [0.2, 0.25) is 0 Å². The highest BCUT2D eigenvalue weighted by Gasteiger charge is 2.20. The van der Waals surface area contributed by atoms with Crippen molar-refractivity contribution in [3.05, 3.63) is 65.7 Å². The Hall–Kier alpha value is -2.02. The van der Waals surface area contributed by atoms with Crippen LogP contribution in [0.4, 0.5) is 5.69 Å². The van der Waals surface area contributed by atoms with Gasteiger partial charge in [0.2, 0.25) is 0 Å². The lowest BCUT2D eigenvalue weighted by molar-refractivity contribution is -0.127. The molecule has 1 saturated heterocycles. The third-order valence-electron chi connectivity index (χ3n) is 4.76. The molecule has 6 heteroatoms. The van der Waals surface area contributed by atoms with Crippen LogP contribution in [0.15, 0.2) is 54.6 Å². The van der Waals surface area contributed by atoms with Gasteiger partial charge in [0.15, 0.2) is 0 Å². The molecule has 2 atom stereocenters. The number of carbonyl (C=O) groups is 1. The summed E-state index contributed by atoms with van der Waals surface area (Å²) < 4.78 is 23.6. The van der Waals surface area contributed by atoms with Gasteiger partial charge in [-0.15, -0.1) is 0 Å². The van der Waals surface area contributed by atoms with Crippen LogP contribution in [0.5, 0.6) is 0 Å². The van der Waals surface area contributed by atoms with E-state index in [1.807, 2.05) is 54.6 Å². The molecular weight excluding hydrogens is 374 g/mol. The third-order valence-corrected chi connectivity index (χ3v) is 6.59. The summed E-state index contributed by atoms with van der Waals surface area (Å²) in [5.74, 6) is 0.299. The van der Waals surface area contributed by atoms with Gasteiger partial charge in [-0.1, -0.05) is 42.5 Å². The minimum atomic E-state index is -0.929. The molecule has 2 aromatic carbocycles. The molecular formula is C22H27NO4S. The fourth-order valence-corrected chi connectivity index (χ4v) is 4.54. The molecule has 1 aliphatic rings.